The largest absolute Gasteiger partial charge is 0.307 e. The van der Waals surface area contributed by atoms with Gasteiger partial charge < -0.3 is 5.32 Å². The van der Waals surface area contributed by atoms with Gasteiger partial charge in [-0.25, -0.2) is 13.2 Å². The zero-order valence-corrected chi connectivity index (χ0v) is 9.72. The molecule has 1 aliphatic rings. The highest BCUT2D eigenvalue weighted by Gasteiger charge is 2.22. The van der Waals surface area contributed by atoms with Crippen molar-refractivity contribution < 1.29 is 18.0 Å². The molecule has 0 aromatic heterocycles. The van der Waals surface area contributed by atoms with Gasteiger partial charge in [-0.05, 0) is 12.1 Å². The molecule has 1 fully saturated rings. The summed E-state index contributed by atoms with van der Waals surface area (Å²) >= 11 is 5.67. The molecule has 0 unspecified atom stereocenters. The number of nitrogens with one attached hydrogen (secondary N) is 1. The van der Waals surface area contributed by atoms with Gasteiger partial charge in [0.25, 0.3) is 5.91 Å². The molecule has 1 aromatic rings. The Labute approximate surface area is 104 Å². The third-order valence-corrected chi connectivity index (χ3v) is 3.13. The van der Waals surface area contributed by atoms with Crippen LogP contribution in [0.1, 0.15) is 5.56 Å². The molecule has 0 saturated carbocycles. The first kappa shape index (κ1) is 12.1. The van der Waals surface area contributed by atoms with E-state index in [-0.39, 0.29) is 14.8 Å². The fourth-order valence-electron chi connectivity index (χ4n) is 1.21. The van der Waals surface area contributed by atoms with Crippen molar-refractivity contribution >= 4 is 40.3 Å². The Balaban J connectivity index is 2.42. The maximum absolute atomic E-state index is 13.3. The van der Waals surface area contributed by atoms with Crippen molar-refractivity contribution in [2.45, 2.75) is 0 Å². The first-order valence-electron chi connectivity index (χ1n) is 4.37. The van der Waals surface area contributed by atoms with Gasteiger partial charge >= 0.3 is 0 Å². The minimum absolute atomic E-state index is 0.139. The number of benzene rings is 1. The van der Waals surface area contributed by atoms with E-state index >= 15 is 0 Å². The third kappa shape index (κ3) is 2.50. The summed E-state index contributed by atoms with van der Waals surface area (Å²) < 4.78 is 39.1. The maximum atomic E-state index is 13.3. The van der Waals surface area contributed by atoms with E-state index in [1.807, 2.05) is 0 Å². The van der Waals surface area contributed by atoms with Crippen LogP contribution >= 0.6 is 24.0 Å². The van der Waals surface area contributed by atoms with Crippen LogP contribution < -0.4 is 5.32 Å². The molecule has 1 heterocycles. The van der Waals surface area contributed by atoms with Gasteiger partial charge in [0.1, 0.15) is 10.1 Å². The van der Waals surface area contributed by atoms with E-state index in [4.69, 9.17) is 12.2 Å². The molecular weight excluding hydrogens is 271 g/mol. The summed E-state index contributed by atoms with van der Waals surface area (Å²) in [6, 6.07) is 1.12. The average molecular weight is 275 g/mol. The van der Waals surface area contributed by atoms with E-state index in [0.29, 0.717) is 12.1 Å². The lowest BCUT2D eigenvalue weighted by Gasteiger charge is -1.99. The van der Waals surface area contributed by atoms with E-state index in [1.54, 1.807) is 0 Å². The van der Waals surface area contributed by atoms with Gasteiger partial charge in [-0.1, -0.05) is 24.0 Å². The Hall–Kier alpha value is -1.34. The normalized spacial score (nSPS) is 17.7. The number of hydrogen-bond donors (Lipinski definition) is 1. The lowest BCUT2D eigenvalue weighted by atomic mass is 10.2. The molecule has 0 aliphatic carbocycles. The molecule has 1 N–H and O–H groups in total. The van der Waals surface area contributed by atoms with E-state index in [2.05, 4.69) is 5.32 Å². The second-order valence-corrected chi connectivity index (χ2v) is 4.86. The van der Waals surface area contributed by atoms with E-state index in [1.165, 1.54) is 0 Å². The van der Waals surface area contributed by atoms with Crippen LogP contribution in [0, 0.1) is 17.5 Å². The van der Waals surface area contributed by atoms with Gasteiger partial charge in [-0.2, -0.15) is 0 Å². The number of amides is 1. The highest BCUT2D eigenvalue weighted by molar-refractivity contribution is 8.26. The summed E-state index contributed by atoms with van der Waals surface area (Å²) in [6.45, 7) is 0. The Kier molecular flexibility index (Phi) is 3.21. The van der Waals surface area contributed by atoms with Crippen LogP contribution in [0.4, 0.5) is 13.2 Å². The van der Waals surface area contributed by atoms with Crippen LogP contribution in [0.15, 0.2) is 17.0 Å². The van der Waals surface area contributed by atoms with Crippen molar-refractivity contribution in [3.05, 3.63) is 40.1 Å². The minimum Gasteiger partial charge on any atom is -0.307 e. The predicted octanol–water partition coefficient (Wildman–Crippen LogP) is 2.59. The van der Waals surface area contributed by atoms with Crippen molar-refractivity contribution in [3.8, 4) is 0 Å². The number of thiocarbonyl (C=S) groups is 1. The summed E-state index contributed by atoms with van der Waals surface area (Å²) in [5, 5.41) is 2.33. The van der Waals surface area contributed by atoms with Crippen molar-refractivity contribution in [2.75, 3.05) is 0 Å². The van der Waals surface area contributed by atoms with Crippen molar-refractivity contribution in [2.24, 2.45) is 0 Å². The van der Waals surface area contributed by atoms with Gasteiger partial charge in [0, 0.05) is 11.6 Å². The zero-order valence-electron chi connectivity index (χ0n) is 8.09. The summed E-state index contributed by atoms with van der Waals surface area (Å²) in [7, 11) is 0. The quantitative estimate of drug-likeness (QED) is 0.485. The topological polar surface area (TPSA) is 29.1 Å². The first-order valence-corrected chi connectivity index (χ1v) is 5.59. The molecule has 1 saturated heterocycles. The molecule has 0 atom stereocenters. The van der Waals surface area contributed by atoms with Gasteiger partial charge in [0.15, 0.2) is 11.6 Å². The van der Waals surface area contributed by atoms with Crippen LogP contribution in [0.5, 0.6) is 0 Å². The molecule has 1 amide bonds. The smallest absolute Gasteiger partial charge is 0.263 e. The Morgan fingerprint density at radius 3 is 2.41 bits per heavy atom. The number of carbonyl (C=O) groups is 1. The van der Waals surface area contributed by atoms with Crippen LogP contribution in [0.25, 0.3) is 6.08 Å². The Morgan fingerprint density at radius 2 is 1.82 bits per heavy atom. The highest BCUT2D eigenvalue weighted by Crippen LogP contribution is 2.27. The maximum Gasteiger partial charge on any atom is 0.263 e. The summed E-state index contributed by atoms with van der Waals surface area (Å²) in [5.74, 6) is -3.88. The minimum atomic E-state index is -1.27. The summed E-state index contributed by atoms with van der Waals surface area (Å²) in [6.07, 6.45) is 1.12. The van der Waals surface area contributed by atoms with Crippen molar-refractivity contribution in [3.63, 3.8) is 0 Å². The van der Waals surface area contributed by atoms with Crippen molar-refractivity contribution in [1.29, 1.82) is 0 Å². The average Bonchev–Trinajstić information content (AvgIpc) is 2.54. The lowest BCUT2D eigenvalue weighted by Crippen LogP contribution is -2.17. The molecule has 7 heteroatoms. The number of hydrogen-bond acceptors (Lipinski definition) is 3. The van der Waals surface area contributed by atoms with Gasteiger partial charge in [0.05, 0.1) is 4.91 Å². The number of rotatable bonds is 1. The van der Waals surface area contributed by atoms with E-state index in [9.17, 15) is 18.0 Å². The van der Waals surface area contributed by atoms with Crippen molar-refractivity contribution in [1.82, 2.24) is 5.32 Å². The molecule has 0 spiro atoms. The molecule has 17 heavy (non-hydrogen) atoms. The molecule has 1 aromatic carbocycles. The molecule has 0 bridgehead atoms. The molecule has 88 valence electrons. The molecule has 2 rings (SSSR count). The fraction of sp³-hybridized carbons (Fsp3) is 0. The second-order valence-electron chi connectivity index (χ2n) is 3.14. The first-order chi connectivity index (χ1) is 7.97. The third-order valence-electron chi connectivity index (χ3n) is 1.97. The highest BCUT2D eigenvalue weighted by atomic mass is 32.2. The second kappa shape index (κ2) is 4.50. The SMILES string of the molecule is O=C1NC(=S)S/C1=C\c1cc(F)c(F)cc1F. The lowest BCUT2D eigenvalue weighted by molar-refractivity contribution is -0.115. The van der Waals surface area contributed by atoms with E-state index < -0.39 is 23.4 Å². The Bertz CT molecular complexity index is 557. The molecule has 0 radical (unpaired) electrons. The van der Waals surface area contributed by atoms with Crippen LogP contribution in [-0.2, 0) is 4.79 Å². The molecule has 2 nitrogen and oxygen atoms in total. The Morgan fingerprint density at radius 1 is 1.18 bits per heavy atom. The fourth-order valence-corrected chi connectivity index (χ4v) is 2.25. The van der Waals surface area contributed by atoms with Gasteiger partial charge in [-0.15, -0.1) is 0 Å². The van der Waals surface area contributed by atoms with Crippen LogP contribution in [-0.4, -0.2) is 10.2 Å². The number of thioether (sulfide) groups is 1. The zero-order chi connectivity index (χ0) is 12.6. The van der Waals surface area contributed by atoms with Crippen LogP contribution in [0.3, 0.4) is 0 Å². The number of carbonyl (C=O) groups excluding carboxylic acids is 1. The summed E-state index contributed by atoms with van der Waals surface area (Å²) in [5.41, 5.74) is -0.203. The van der Waals surface area contributed by atoms with Crippen LogP contribution in [0.2, 0.25) is 0 Å². The van der Waals surface area contributed by atoms with Gasteiger partial charge in [0.2, 0.25) is 0 Å². The summed E-state index contributed by atoms with van der Waals surface area (Å²) in [4.78, 5) is 11.4. The molecular formula is C10H4F3NOS2. The van der Waals surface area contributed by atoms with E-state index in [0.717, 1.165) is 17.8 Å². The monoisotopic (exact) mass is 275 g/mol. The van der Waals surface area contributed by atoms with Gasteiger partial charge in [-0.3, -0.25) is 4.79 Å². The number of halogens is 3. The standard InChI is InChI=1S/C10H4F3NOS2/c11-5-3-7(13)6(12)1-4(5)2-8-9(15)14-10(16)17-8/h1-3H,(H,14,15,16)/b8-2-. The predicted molar refractivity (Wildman–Crippen MR) is 62.6 cm³/mol. The molecule has 1 aliphatic heterocycles.